The zero-order chi connectivity index (χ0) is 8.74. The highest BCUT2D eigenvalue weighted by Crippen LogP contribution is 1.92. The molecule has 0 aromatic rings. The molecular weight excluding hydrogens is 162 g/mol. The van der Waals surface area contributed by atoms with Gasteiger partial charge < -0.3 is 0 Å². The van der Waals surface area contributed by atoms with Gasteiger partial charge in [0, 0.05) is 6.54 Å². The SMILES string of the molecule is CCCCCNS(=O)(=O)CC. The van der Waals surface area contributed by atoms with Gasteiger partial charge in [0.1, 0.15) is 0 Å². The predicted molar refractivity (Wildman–Crippen MR) is 47.0 cm³/mol. The van der Waals surface area contributed by atoms with E-state index in [0.29, 0.717) is 6.54 Å². The van der Waals surface area contributed by atoms with Gasteiger partial charge in [0.2, 0.25) is 10.0 Å². The van der Waals surface area contributed by atoms with Crippen molar-refractivity contribution in [1.29, 1.82) is 0 Å². The van der Waals surface area contributed by atoms with Crippen LogP contribution in [0, 0.1) is 0 Å². The summed E-state index contributed by atoms with van der Waals surface area (Å²) in [7, 11) is -2.95. The lowest BCUT2D eigenvalue weighted by Gasteiger charge is -2.02. The Bertz CT molecular complexity index is 175. The highest BCUT2D eigenvalue weighted by molar-refractivity contribution is 7.89. The summed E-state index contributed by atoms with van der Waals surface area (Å²) < 4.78 is 24.2. The van der Waals surface area contributed by atoms with Crippen LogP contribution in [0.25, 0.3) is 0 Å². The molecule has 0 aliphatic carbocycles. The van der Waals surface area contributed by atoms with Crippen LogP contribution in [0.5, 0.6) is 0 Å². The molecule has 0 spiro atoms. The van der Waals surface area contributed by atoms with E-state index in [0.717, 1.165) is 19.3 Å². The molecule has 0 saturated heterocycles. The third-order valence-electron chi connectivity index (χ3n) is 1.48. The van der Waals surface area contributed by atoms with Crippen molar-refractivity contribution in [3.8, 4) is 0 Å². The second kappa shape index (κ2) is 5.55. The van der Waals surface area contributed by atoms with Crippen LogP contribution >= 0.6 is 0 Å². The van der Waals surface area contributed by atoms with Crippen LogP contribution in [-0.2, 0) is 10.0 Å². The predicted octanol–water partition coefficient (Wildman–Crippen LogP) is 1.12. The largest absolute Gasteiger partial charge is 0.215 e. The van der Waals surface area contributed by atoms with Crippen molar-refractivity contribution in [1.82, 2.24) is 4.72 Å². The zero-order valence-corrected chi connectivity index (χ0v) is 8.08. The van der Waals surface area contributed by atoms with Gasteiger partial charge >= 0.3 is 0 Å². The van der Waals surface area contributed by atoms with Crippen molar-refractivity contribution in [3.05, 3.63) is 0 Å². The summed E-state index contributed by atoms with van der Waals surface area (Å²) in [5.41, 5.74) is 0. The van der Waals surface area contributed by atoms with Gasteiger partial charge in [-0.2, -0.15) is 0 Å². The average molecular weight is 179 g/mol. The molecule has 68 valence electrons. The number of nitrogens with one attached hydrogen (secondary N) is 1. The maximum Gasteiger partial charge on any atom is 0.211 e. The minimum absolute atomic E-state index is 0.180. The monoisotopic (exact) mass is 179 g/mol. The maximum absolute atomic E-state index is 10.9. The first-order valence-electron chi connectivity index (χ1n) is 4.09. The molecule has 0 aromatic carbocycles. The summed E-state index contributed by atoms with van der Waals surface area (Å²) in [6.45, 7) is 4.32. The summed E-state index contributed by atoms with van der Waals surface area (Å²) in [6.07, 6.45) is 3.15. The Balaban J connectivity index is 3.39. The Morgan fingerprint density at radius 3 is 2.27 bits per heavy atom. The number of hydrogen-bond donors (Lipinski definition) is 1. The van der Waals surface area contributed by atoms with Gasteiger partial charge in [-0.25, -0.2) is 13.1 Å². The Kier molecular flexibility index (Phi) is 5.50. The average Bonchev–Trinajstić information content (AvgIpc) is 1.99. The fourth-order valence-corrected chi connectivity index (χ4v) is 1.36. The quantitative estimate of drug-likeness (QED) is 0.621. The fourth-order valence-electron chi connectivity index (χ4n) is 0.705. The van der Waals surface area contributed by atoms with E-state index in [-0.39, 0.29) is 5.75 Å². The molecule has 0 aliphatic rings. The first-order valence-corrected chi connectivity index (χ1v) is 5.75. The third-order valence-corrected chi connectivity index (χ3v) is 2.89. The van der Waals surface area contributed by atoms with Crippen LogP contribution < -0.4 is 4.72 Å². The van der Waals surface area contributed by atoms with E-state index in [1.54, 1.807) is 6.92 Å². The van der Waals surface area contributed by atoms with Crippen LogP contribution in [0.4, 0.5) is 0 Å². The van der Waals surface area contributed by atoms with E-state index in [2.05, 4.69) is 11.6 Å². The lowest BCUT2D eigenvalue weighted by Crippen LogP contribution is -2.26. The highest BCUT2D eigenvalue weighted by Gasteiger charge is 2.03. The Labute approximate surface area is 69.2 Å². The van der Waals surface area contributed by atoms with Gasteiger partial charge in [0.05, 0.1) is 5.75 Å². The van der Waals surface area contributed by atoms with Crippen LogP contribution in [0.1, 0.15) is 33.1 Å². The van der Waals surface area contributed by atoms with Gasteiger partial charge in [0.25, 0.3) is 0 Å². The zero-order valence-electron chi connectivity index (χ0n) is 7.26. The minimum atomic E-state index is -2.95. The number of unbranched alkanes of at least 4 members (excludes halogenated alkanes) is 2. The third kappa shape index (κ3) is 6.31. The van der Waals surface area contributed by atoms with Crippen molar-refractivity contribution >= 4 is 10.0 Å². The smallest absolute Gasteiger partial charge is 0.211 e. The molecule has 0 aliphatic heterocycles. The summed E-state index contributed by atoms with van der Waals surface area (Å²) in [6, 6.07) is 0. The van der Waals surface area contributed by atoms with E-state index in [1.165, 1.54) is 0 Å². The van der Waals surface area contributed by atoms with Crippen LogP contribution in [0.2, 0.25) is 0 Å². The lowest BCUT2D eigenvalue weighted by molar-refractivity contribution is 0.577. The Morgan fingerprint density at radius 2 is 1.82 bits per heavy atom. The minimum Gasteiger partial charge on any atom is -0.215 e. The van der Waals surface area contributed by atoms with E-state index < -0.39 is 10.0 Å². The maximum atomic E-state index is 10.9. The molecule has 0 unspecified atom stereocenters. The van der Waals surface area contributed by atoms with Crippen molar-refractivity contribution in [2.24, 2.45) is 0 Å². The first kappa shape index (κ1) is 10.9. The molecule has 11 heavy (non-hydrogen) atoms. The van der Waals surface area contributed by atoms with Crippen LogP contribution in [-0.4, -0.2) is 20.7 Å². The molecule has 0 fully saturated rings. The lowest BCUT2D eigenvalue weighted by atomic mass is 10.3. The van der Waals surface area contributed by atoms with E-state index >= 15 is 0 Å². The normalized spacial score (nSPS) is 11.8. The molecule has 1 N–H and O–H groups in total. The molecule has 0 aromatic heterocycles. The second-order valence-corrected chi connectivity index (χ2v) is 4.60. The van der Waals surface area contributed by atoms with Gasteiger partial charge in [-0.1, -0.05) is 19.8 Å². The molecule has 4 heteroatoms. The molecular formula is C7H17NO2S. The molecule has 0 radical (unpaired) electrons. The van der Waals surface area contributed by atoms with E-state index in [4.69, 9.17) is 0 Å². The summed E-state index contributed by atoms with van der Waals surface area (Å²) in [5, 5.41) is 0. The molecule has 0 heterocycles. The molecule has 0 saturated carbocycles. The fraction of sp³-hybridized carbons (Fsp3) is 1.00. The van der Waals surface area contributed by atoms with Gasteiger partial charge in [-0.05, 0) is 13.3 Å². The summed E-state index contributed by atoms with van der Waals surface area (Å²) in [4.78, 5) is 0. The van der Waals surface area contributed by atoms with E-state index in [9.17, 15) is 8.42 Å². The van der Waals surface area contributed by atoms with Gasteiger partial charge in [-0.3, -0.25) is 0 Å². The van der Waals surface area contributed by atoms with Crippen molar-refractivity contribution < 1.29 is 8.42 Å². The first-order chi connectivity index (χ1) is 5.12. The number of sulfonamides is 1. The Morgan fingerprint density at radius 1 is 1.18 bits per heavy atom. The second-order valence-electron chi connectivity index (χ2n) is 2.50. The summed E-state index contributed by atoms with van der Waals surface area (Å²) in [5.74, 6) is 0.180. The van der Waals surface area contributed by atoms with Crippen molar-refractivity contribution in [2.75, 3.05) is 12.3 Å². The van der Waals surface area contributed by atoms with Crippen LogP contribution in [0.15, 0.2) is 0 Å². The number of hydrogen-bond acceptors (Lipinski definition) is 2. The van der Waals surface area contributed by atoms with E-state index in [1.807, 2.05) is 0 Å². The van der Waals surface area contributed by atoms with Crippen molar-refractivity contribution in [3.63, 3.8) is 0 Å². The Hall–Kier alpha value is -0.0900. The van der Waals surface area contributed by atoms with Gasteiger partial charge in [0.15, 0.2) is 0 Å². The molecule has 0 atom stereocenters. The highest BCUT2D eigenvalue weighted by atomic mass is 32.2. The van der Waals surface area contributed by atoms with Gasteiger partial charge in [-0.15, -0.1) is 0 Å². The molecule has 0 rings (SSSR count). The topological polar surface area (TPSA) is 46.2 Å². The molecule has 0 bridgehead atoms. The molecule has 0 amide bonds. The van der Waals surface area contributed by atoms with Crippen molar-refractivity contribution in [2.45, 2.75) is 33.1 Å². The van der Waals surface area contributed by atoms with Crippen LogP contribution in [0.3, 0.4) is 0 Å². The standard InChI is InChI=1S/C7H17NO2S/c1-3-5-6-7-8-11(9,10)4-2/h8H,3-7H2,1-2H3. The summed E-state index contributed by atoms with van der Waals surface area (Å²) >= 11 is 0. The molecule has 3 nitrogen and oxygen atoms in total. The number of rotatable bonds is 6.